The zero-order valence-electron chi connectivity index (χ0n) is 10.4. The molecule has 18 heavy (non-hydrogen) atoms. The van der Waals surface area contributed by atoms with E-state index in [-0.39, 0.29) is 0 Å². The Morgan fingerprint density at radius 1 is 0.611 bits per heavy atom. The third-order valence-corrected chi connectivity index (χ3v) is 3.25. The lowest BCUT2D eigenvalue weighted by molar-refractivity contribution is 0.415. The number of hydrogen-bond acceptors (Lipinski definition) is 2. The van der Waals surface area contributed by atoms with Gasteiger partial charge in [-0.2, -0.15) is 0 Å². The van der Waals surface area contributed by atoms with Crippen molar-refractivity contribution in [3.05, 3.63) is 48.5 Å². The summed E-state index contributed by atoms with van der Waals surface area (Å²) in [6.45, 7) is 0. The Kier molecular flexibility index (Phi) is 2.56. The maximum Gasteiger partial charge on any atom is 0.119 e. The van der Waals surface area contributed by atoms with E-state index >= 15 is 0 Å². The van der Waals surface area contributed by atoms with E-state index in [1.165, 1.54) is 21.5 Å². The lowest BCUT2D eigenvalue weighted by atomic mass is 10.0. The summed E-state index contributed by atoms with van der Waals surface area (Å²) in [6, 6.07) is 16.5. The SMILES string of the molecule is COc1ccc2ccc3ccc(OC)cc3c2c1. The van der Waals surface area contributed by atoms with Crippen LogP contribution in [0.5, 0.6) is 11.5 Å². The van der Waals surface area contributed by atoms with Crippen molar-refractivity contribution < 1.29 is 9.47 Å². The van der Waals surface area contributed by atoms with E-state index in [9.17, 15) is 0 Å². The van der Waals surface area contributed by atoms with Gasteiger partial charge in [-0.15, -0.1) is 0 Å². The van der Waals surface area contributed by atoms with Crippen molar-refractivity contribution in [2.24, 2.45) is 0 Å². The molecule has 0 saturated heterocycles. The van der Waals surface area contributed by atoms with Crippen molar-refractivity contribution >= 4 is 21.5 Å². The van der Waals surface area contributed by atoms with Crippen molar-refractivity contribution in [1.82, 2.24) is 0 Å². The molecule has 0 saturated carbocycles. The zero-order chi connectivity index (χ0) is 12.5. The monoisotopic (exact) mass is 238 g/mol. The maximum absolute atomic E-state index is 5.30. The number of benzene rings is 3. The van der Waals surface area contributed by atoms with Gasteiger partial charge < -0.3 is 9.47 Å². The minimum atomic E-state index is 0.873. The highest BCUT2D eigenvalue weighted by atomic mass is 16.5. The summed E-state index contributed by atoms with van der Waals surface area (Å²) in [6.07, 6.45) is 0. The Bertz CT molecular complexity index is 654. The van der Waals surface area contributed by atoms with E-state index in [4.69, 9.17) is 9.47 Å². The van der Waals surface area contributed by atoms with Gasteiger partial charge in [0.1, 0.15) is 11.5 Å². The molecule has 0 bridgehead atoms. The summed E-state index contributed by atoms with van der Waals surface area (Å²) in [4.78, 5) is 0. The van der Waals surface area contributed by atoms with Crippen LogP contribution in [0.1, 0.15) is 0 Å². The molecular weight excluding hydrogens is 224 g/mol. The van der Waals surface area contributed by atoms with Crippen molar-refractivity contribution in [1.29, 1.82) is 0 Å². The molecule has 0 unspecified atom stereocenters. The second-order valence-corrected chi connectivity index (χ2v) is 4.24. The van der Waals surface area contributed by atoms with E-state index < -0.39 is 0 Å². The first-order chi connectivity index (χ1) is 8.81. The Balaban J connectivity index is 2.40. The highest BCUT2D eigenvalue weighted by Crippen LogP contribution is 2.30. The normalized spacial score (nSPS) is 10.8. The second kappa shape index (κ2) is 4.22. The average Bonchev–Trinajstić information content (AvgIpc) is 2.45. The van der Waals surface area contributed by atoms with Gasteiger partial charge in [0.15, 0.2) is 0 Å². The van der Waals surface area contributed by atoms with Crippen LogP contribution in [0, 0.1) is 0 Å². The Morgan fingerprint density at radius 2 is 1.00 bits per heavy atom. The highest BCUT2D eigenvalue weighted by Gasteiger charge is 2.03. The first kappa shape index (κ1) is 10.9. The minimum Gasteiger partial charge on any atom is -0.497 e. The summed E-state index contributed by atoms with van der Waals surface area (Å²) < 4.78 is 10.6. The van der Waals surface area contributed by atoms with Gasteiger partial charge >= 0.3 is 0 Å². The number of ether oxygens (including phenoxy) is 2. The highest BCUT2D eigenvalue weighted by molar-refractivity contribution is 6.08. The lowest BCUT2D eigenvalue weighted by Crippen LogP contribution is -1.85. The van der Waals surface area contributed by atoms with Crippen LogP contribution < -0.4 is 9.47 Å². The molecule has 0 amide bonds. The Morgan fingerprint density at radius 3 is 1.39 bits per heavy atom. The van der Waals surface area contributed by atoms with E-state index in [0.29, 0.717) is 0 Å². The first-order valence-electron chi connectivity index (χ1n) is 5.86. The Labute approximate surface area is 106 Å². The molecule has 0 fully saturated rings. The van der Waals surface area contributed by atoms with E-state index in [1.807, 2.05) is 12.1 Å². The largest absolute Gasteiger partial charge is 0.497 e. The fraction of sp³-hybridized carbons (Fsp3) is 0.125. The maximum atomic E-state index is 5.30. The molecule has 0 aromatic heterocycles. The molecule has 0 aliphatic heterocycles. The van der Waals surface area contributed by atoms with Gasteiger partial charge in [0.25, 0.3) is 0 Å². The summed E-state index contributed by atoms with van der Waals surface area (Å²) in [5.74, 6) is 1.75. The van der Waals surface area contributed by atoms with Gasteiger partial charge in [-0.05, 0) is 45.8 Å². The molecule has 0 aliphatic rings. The molecule has 0 spiro atoms. The Hall–Kier alpha value is -2.22. The van der Waals surface area contributed by atoms with Gasteiger partial charge in [-0.3, -0.25) is 0 Å². The molecule has 3 aromatic rings. The van der Waals surface area contributed by atoms with E-state index in [2.05, 4.69) is 36.4 Å². The smallest absolute Gasteiger partial charge is 0.119 e. The fourth-order valence-corrected chi connectivity index (χ4v) is 2.26. The predicted octanol–water partition coefficient (Wildman–Crippen LogP) is 4.01. The molecule has 0 atom stereocenters. The van der Waals surface area contributed by atoms with Gasteiger partial charge in [0, 0.05) is 0 Å². The van der Waals surface area contributed by atoms with Crippen LogP contribution in [0.3, 0.4) is 0 Å². The van der Waals surface area contributed by atoms with Crippen LogP contribution in [-0.4, -0.2) is 14.2 Å². The van der Waals surface area contributed by atoms with Crippen LogP contribution in [0.15, 0.2) is 48.5 Å². The van der Waals surface area contributed by atoms with Crippen LogP contribution in [0.4, 0.5) is 0 Å². The quantitative estimate of drug-likeness (QED) is 0.628. The molecule has 2 heteroatoms. The molecular formula is C16H14O2. The molecule has 90 valence electrons. The average molecular weight is 238 g/mol. The summed E-state index contributed by atoms with van der Waals surface area (Å²) in [5, 5.41) is 4.78. The zero-order valence-corrected chi connectivity index (χ0v) is 10.4. The van der Waals surface area contributed by atoms with E-state index in [0.717, 1.165) is 11.5 Å². The van der Waals surface area contributed by atoms with Crippen LogP contribution in [-0.2, 0) is 0 Å². The van der Waals surface area contributed by atoms with Gasteiger partial charge in [0.2, 0.25) is 0 Å². The second-order valence-electron chi connectivity index (χ2n) is 4.24. The summed E-state index contributed by atoms with van der Waals surface area (Å²) in [5.41, 5.74) is 0. The van der Waals surface area contributed by atoms with Crippen molar-refractivity contribution in [2.45, 2.75) is 0 Å². The van der Waals surface area contributed by atoms with Gasteiger partial charge in [0.05, 0.1) is 14.2 Å². The van der Waals surface area contributed by atoms with Gasteiger partial charge in [-0.25, -0.2) is 0 Å². The predicted molar refractivity (Wildman–Crippen MR) is 74.6 cm³/mol. The van der Waals surface area contributed by atoms with Crippen LogP contribution in [0.25, 0.3) is 21.5 Å². The molecule has 0 aliphatic carbocycles. The minimum absolute atomic E-state index is 0.873. The topological polar surface area (TPSA) is 18.5 Å². The number of methoxy groups -OCH3 is 2. The van der Waals surface area contributed by atoms with Crippen molar-refractivity contribution in [3.8, 4) is 11.5 Å². The van der Waals surface area contributed by atoms with Gasteiger partial charge in [-0.1, -0.05) is 24.3 Å². The number of hydrogen-bond donors (Lipinski definition) is 0. The van der Waals surface area contributed by atoms with Crippen molar-refractivity contribution in [2.75, 3.05) is 14.2 Å². The molecule has 0 heterocycles. The molecule has 3 rings (SSSR count). The summed E-state index contributed by atoms with van der Waals surface area (Å²) >= 11 is 0. The van der Waals surface area contributed by atoms with Crippen LogP contribution in [0.2, 0.25) is 0 Å². The van der Waals surface area contributed by atoms with Crippen LogP contribution >= 0.6 is 0 Å². The lowest BCUT2D eigenvalue weighted by Gasteiger charge is -2.08. The molecule has 0 radical (unpaired) electrons. The standard InChI is InChI=1S/C16H14O2/c1-17-13-7-5-11-3-4-12-6-8-14(18-2)10-16(12)15(11)9-13/h3-10H,1-2H3. The third-order valence-electron chi connectivity index (χ3n) is 3.25. The fourth-order valence-electron chi connectivity index (χ4n) is 2.26. The summed E-state index contributed by atoms with van der Waals surface area (Å²) in [7, 11) is 3.37. The van der Waals surface area contributed by atoms with Crippen molar-refractivity contribution in [3.63, 3.8) is 0 Å². The number of rotatable bonds is 2. The molecule has 3 aromatic carbocycles. The third kappa shape index (κ3) is 1.66. The van der Waals surface area contributed by atoms with E-state index in [1.54, 1.807) is 14.2 Å². The molecule has 0 N–H and O–H groups in total. The number of fused-ring (bicyclic) bond motifs is 3. The molecule has 2 nitrogen and oxygen atoms in total. The first-order valence-corrected chi connectivity index (χ1v) is 5.86.